The molecule has 6 nitrogen and oxygen atoms in total. The fraction of sp³-hybridized carbons (Fsp3) is 0.583. The van der Waals surface area contributed by atoms with E-state index in [2.05, 4.69) is 10.4 Å². The van der Waals surface area contributed by atoms with Gasteiger partial charge < -0.3 is 0 Å². The molecule has 0 aliphatic rings. The number of nitrogens with two attached hydrogens (primary N) is 1. The van der Waals surface area contributed by atoms with Gasteiger partial charge in [0.1, 0.15) is 0 Å². The SMILES string of the molecule is Cc1cc(C)n(CCCCCC(=O)NN)c(=O)n1. The summed E-state index contributed by atoms with van der Waals surface area (Å²) in [5, 5.41) is 0. The third-order valence-electron chi connectivity index (χ3n) is 2.79. The predicted octanol–water partition coefficient (Wildman–Crippen LogP) is 0.410. The lowest BCUT2D eigenvalue weighted by molar-refractivity contribution is -0.121. The molecule has 0 aliphatic heterocycles. The monoisotopic (exact) mass is 252 g/mol. The number of rotatable bonds is 6. The number of carbonyl (C=O) groups is 1. The summed E-state index contributed by atoms with van der Waals surface area (Å²) in [6.45, 7) is 4.35. The second kappa shape index (κ2) is 6.90. The third kappa shape index (κ3) is 4.29. The Hall–Kier alpha value is -1.69. The van der Waals surface area contributed by atoms with Gasteiger partial charge in [-0.05, 0) is 32.8 Å². The number of hydrogen-bond donors (Lipinski definition) is 2. The molecule has 0 saturated heterocycles. The van der Waals surface area contributed by atoms with Gasteiger partial charge in [-0.1, -0.05) is 6.42 Å². The molecule has 0 unspecified atom stereocenters. The van der Waals surface area contributed by atoms with Crippen molar-refractivity contribution in [3.63, 3.8) is 0 Å². The Labute approximate surface area is 106 Å². The summed E-state index contributed by atoms with van der Waals surface area (Å²) in [5.74, 6) is 4.83. The largest absolute Gasteiger partial charge is 0.347 e. The highest BCUT2D eigenvalue weighted by molar-refractivity contribution is 5.74. The maximum atomic E-state index is 11.7. The van der Waals surface area contributed by atoms with Crippen molar-refractivity contribution in [2.45, 2.75) is 46.1 Å². The second-order valence-electron chi connectivity index (χ2n) is 4.35. The van der Waals surface area contributed by atoms with Gasteiger partial charge in [0, 0.05) is 24.4 Å². The van der Waals surface area contributed by atoms with E-state index in [1.165, 1.54) is 0 Å². The van der Waals surface area contributed by atoms with Crippen LogP contribution in [0.15, 0.2) is 10.9 Å². The second-order valence-corrected chi connectivity index (χ2v) is 4.35. The summed E-state index contributed by atoms with van der Waals surface area (Å²) in [7, 11) is 0. The average molecular weight is 252 g/mol. The highest BCUT2D eigenvalue weighted by Crippen LogP contribution is 2.03. The van der Waals surface area contributed by atoms with Crippen LogP contribution in [0.5, 0.6) is 0 Å². The maximum absolute atomic E-state index is 11.7. The lowest BCUT2D eigenvalue weighted by atomic mass is 10.2. The number of aryl methyl sites for hydroxylation is 2. The van der Waals surface area contributed by atoms with Crippen molar-refractivity contribution in [3.8, 4) is 0 Å². The Morgan fingerprint density at radius 3 is 2.72 bits per heavy atom. The lowest BCUT2D eigenvalue weighted by Gasteiger charge is -2.09. The van der Waals surface area contributed by atoms with Crippen LogP contribution in [-0.4, -0.2) is 15.5 Å². The highest BCUT2D eigenvalue weighted by atomic mass is 16.2. The number of hydrogen-bond acceptors (Lipinski definition) is 4. The van der Waals surface area contributed by atoms with Crippen LogP contribution in [0.3, 0.4) is 0 Å². The maximum Gasteiger partial charge on any atom is 0.347 e. The van der Waals surface area contributed by atoms with E-state index in [-0.39, 0.29) is 11.6 Å². The van der Waals surface area contributed by atoms with Gasteiger partial charge in [-0.15, -0.1) is 0 Å². The van der Waals surface area contributed by atoms with Gasteiger partial charge in [-0.25, -0.2) is 10.6 Å². The summed E-state index contributed by atoms with van der Waals surface area (Å²) in [5.41, 5.74) is 3.56. The molecule has 0 aromatic carbocycles. The van der Waals surface area contributed by atoms with Crippen LogP contribution in [0, 0.1) is 13.8 Å². The molecule has 1 aromatic heterocycles. The summed E-state index contributed by atoms with van der Waals surface area (Å²) in [4.78, 5) is 26.4. The first-order chi connectivity index (χ1) is 8.54. The van der Waals surface area contributed by atoms with Crippen LogP contribution in [0.1, 0.15) is 37.1 Å². The number of amides is 1. The van der Waals surface area contributed by atoms with E-state index in [0.717, 1.165) is 30.7 Å². The minimum Gasteiger partial charge on any atom is -0.297 e. The van der Waals surface area contributed by atoms with E-state index >= 15 is 0 Å². The molecule has 1 rings (SSSR count). The molecule has 0 atom stereocenters. The Bertz CT molecular complexity index is 468. The molecule has 18 heavy (non-hydrogen) atoms. The minimum absolute atomic E-state index is 0.152. The molecule has 0 aliphatic carbocycles. The average Bonchev–Trinajstić information content (AvgIpc) is 2.31. The minimum atomic E-state index is -0.202. The van der Waals surface area contributed by atoms with Crippen molar-refractivity contribution < 1.29 is 4.79 Å². The Kier molecular flexibility index (Phi) is 5.51. The molecule has 0 saturated carbocycles. The van der Waals surface area contributed by atoms with Gasteiger partial charge in [-0.3, -0.25) is 14.8 Å². The Morgan fingerprint density at radius 2 is 2.11 bits per heavy atom. The van der Waals surface area contributed by atoms with Gasteiger partial charge >= 0.3 is 5.69 Å². The number of hydrazine groups is 1. The Balaban J connectivity index is 2.40. The summed E-state index contributed by atoms with van der Waals surface area (Å²) in [6.07, 6.45) is 2.93. The third-order valence-corrected chi connectivity index (χ3v) is 2.79. The van der Waals surface area contributed by atoms with Crippen molar-refractivity contribution in [2.75, 3.05) is 0 Å². The van der Waals surface area contributed by atoms with Gasteiger partial charge in [0.05, 0.1) is 0 Å². The van der Waals surface area contributed by atoms with E-state index in [0.29, 0.717) is 13.0 Å². The van der Waals surface area contributed by atoms with Crippen molar-refractivity contribution in [1.29, 1.82) is 0 Å². The van der Waals surface area contributed by atoms with Crippen LogP contribution < -0.4 is 17.0 Å². The molecular formula is C12H20N4O2. The van der Waals surface area contributed by atoms with Gasteiger partial charge in [0.2, 0.25) is 5.91 Å². The number of aromatic nitrogens is 2. The fourth-order valence-corrected chi connectivity index (χ4v) is 1.85. The van der Waals surface area contributed by atoms with Crippen molar-refractivity contribution in [2.24, 2.45) is 5.84 Å². The van der Waals surface area contributed by atoms with E-state index in [1.807, 2.05) is 19.9 Å². The number of carbonyl (C=O) groups excluding carboxylic acids is 1. The molecule has 1 heterocycles. The standard InChI is InChI=1S/C12H20N4O2/c1-9-8-10(2)16(12(18)14-9)7-5-3-4-6-11(17)15-13/h8H,3-7,13H2,1-2H3,(H,15,17). The number of unbranched alkanes of at least 4 members (excludes halogenated alkanes) is 2. The Morgan fingerprint density at radius 1 is 1.39 bits per heavy atom. The fourth-order valence-electron chi connectivity index (χ4n) is 1.85. The van der Waals surface area contributed by atoms with Gasteiger partial charge in [-0.2, -0.15) is 4.98 Å². The molecule has 1 aromatic rings. The zero-order valence-corrected chi connectivity index (χ0v) is 10.9. The summed E-state index contributed by atoms with van der Waals surface area (Å²) >= 11 is 0. The lowest BCUT2D eigenvalue weighted by Crippen LogP contribution is -2.29. The number of nitrogens with zero attached hydrogens (tertiary/aromatic N) is 2. The van der Waals surface area contributed by atoms with Crippen LogP contribution in [0.4, 0.5) is 0 Å². The first-order valence-electron chi connectivity index (χ1n) is 6.09. The van der Waals surface area contributed by atoms with Gasteiger partial charge in [0.15, 0.2) is 0 Å². The predicted molar refractivity (Wildman–Crippen MR) is 68.8 cm³/mol. The van der Waals surface area contributed by atoms with E-state index in [1.54, 1.807) is 4.57 Å². The highest BCUT2D eigenvalue weighted by Gasteiger charge is 2.03. The number of nitrogens with one attached hydrogen (secondary N) is 1. The van der Waals surface area contributed by atoms with Crippen molar-refractivity contribution in [3.05, 3.63) is 27.9 Å². The normalized spacial score (nSPS) is 10.4. The van der Waals surface area contributed by atoms with Gasteiger partial charge in [0.25, 0.3) is 0 Å². The summed E-state index contributed by atoms with van der Waals surface area (Å²) in [6, 6.07) is 1.89. The molecule has 3 N–H and O–H groups in total. The van der Waals surface area contributed by atoms with Crippen LogP contribution in [0.2, 0.25) is 0 Å². The topological polar surface area (TPSA) is 90.0 Å². The molecule has 0 radical (unpaired) electrons. The van der Waals surface area contributed by atoms with E-state index < -0.39 is 0 Å². The molecule has 1 amide bonds. The summed E-state index contributed by atoms with van der Waals surface area (Å²) < 4.78 is 1.66. The first kappa shape index (κ1) is 14.4. The van der Waals surface area contributed by atoms with Crippen molar-refractivity contribution in [1.82, 2.24) is 15.0 Å². The van der Waals surface area contributed by atoms with E-state index in [4.69, 9.17) is 5.84 Å². The van der Waals surface area contributed by atoms with Crippen LogP contribution in [-0.2, 0) is 11.3 Å². The molecule has 100 valence electrons. The zero-order chi connectivity index (χ0) is 13.5. The molecular weight excluding hydrogens is 232 g/mol. The van der Waals surface area contributed by atoms with Crippen LogP contribution >= 0.6 is 0 Å². The van der Waals surface area contributed by atoms with E-state index in [9.17, 15) is 9.59 Å². The molecule has 0 fully saturated rings. The molecule has 0 spiro atoms. The first-order valence-corrected chi connectivity index (χ1v) is 6.09. The zero-order valence-electron chi connectivity index (χ0n) is 10.9. The quantitative estimate of drug-likeness (QED) is 0.332. The van der Waals surface area contributed by atoms with Crippen LogP contribution in [0.25, 0.3) is 0 Å². The molecule has 0 bridgehead atoms. The smallest absolute Gasteiger partial charge is 0.297 e. The van der Waals surface area contributed by atoms with Crippen molar-refractivity contribution >= 4 is 5.91 Å². The molecule has 6 heteroatoms.